The van der Waals surface area contributed by atoms with Crippen molar-refractivity contribution in [3.63, 3.8) is 0 Å². The van der Waals surface area contributed by atoms with Gasteiger partial charge < -0.3 is 15.5 Å². The number of nitrogens with one attached hydrogen (secondary N) is 2. The maximum atomic E-state index is 13.5. The number of carbonyl (C=O) groups excluding carboxylic acids is 3. The largest absolute Gasteiger partial charge is 0.351 e. The molecule has 4 rings (SSSR count). The smallest absolute Gasteiger partial charge is 0.276 e. The number of nitrogens with zero attached hydrogens (tertiary/aromatic N) is 3. The standard InChI is InChI=1S/C25H32ClN5O3/c1-4-5-13-30-23(33)21-14-20(22(32)28-19-12-8-11-18(26)16(19)2)29-31(21)15-25(30,3)24(34)27-17-9-6-7-10-17/h8,11-12,14,17H,4-7,9-10,13,15H2,1-3H3,(H,27,34)(H,28,32)/t25-/m0/s1. The molecule has 0 saturated heterocycles. The van der Waals surface area contributed by atoms with Crippen LogP contribution in [0.5, 0.6) is 0 Å². The van der Waals surface area contributed by atoms with Crippen molar-refractivity contribution in [2.75, 3.05) is 11.9 Å². The topological polar surface area (TPSA) is 96.3 Å². The lowest BCUT2D eigenvalue weighted by Gasteiger charge is -2.43. The molecule has 1 aromatic carbocycles. The Morgan fingerprint density at radius 3 is 2.71 bits per heavy atom. The van der Waals surface area contributed by atoms with Crippen LogP contribution < -0.4 is 10.6 Å². The summed E-state index contributed by atoms with van der Waals surface area (Å²) in [5, 5.41) is 10.9. The van der Waals surface area contributed by atoms with Gasteiger partial charge >= 0.3 is 0 Å². The molecule has 0 unspecified atom stereocenters. The molecule has 2 N–H and O–H groups in total. The van der Waals surface area contributed by atoms with E-state index in [0.29, 0.717) is 22.9 Å². The van der Waals surface area contributed by atoms with Crippen LogP contribution in [0, 0.1) is 6.92 Å². The monoisotopic (exact) mass is 485 g/mol. The second kappa shape index (κ2) is 9.78. The van der Waals surface area contributed by atoms with Crippen LogP contribution in [-0.2, 0) is 11.3 Å². The summed E-state index contributed by atoms with van der Waals surface area (Å²) in [7, 11) is 0. The third-order valence-corrected chi connectivity index (χ3v) is 7.37. The summed E-state index contributed by atoms with van der Waals surface area (Å²) in [5.74, 6) is -0.878. The van der Waals surface area contributed by atoms with Crippen molar-refractivity contribution < 1.29 is 14.4 Å². The lowest BCUT2D eigenvalue weighted by Crippen LogP contribution is -2.65. The first-order chi connectivity index (χ1) is 16.2. The molecule has 1 aromatic heterocycles. The first kappa shape index (κ1) is 24.3. The molecule has 0 spiro atoms. The number of unbranched alkanes of at least 4 members (excludes halogenated alkanes) is 1. The highest BCUT2D eigenvalue weighted by Crippen LogP contribution is 2.30. The van der Waals surface area contributed by atoms with Gasteiger partial charge in [-0.05, 0) is 50.8 Å². The number of benzene rings is 1. The average molecular weight is 486 g/mol. The Labute approximate surface area is 205 Å². The van der Waals surface area contributed by atoms with Gasteiger partial charge in [0.05, 0.1) is 6.54 Å². The maximum absolute atomic E-state index is 13.5. The summed E-state index contributed by atoms with van der Waals surface area (Å²) in [6.45, 7) is 6.33. The molecular weight excluding hydrogens is 454 g/mol. The fourth-order valence-corrected chi connectivity index (χ4v) is 4.93. The highest BCUT2D eigenvalue weighted by Gasteiger charge is 2.48. The first-order valence-corrected chi connectivity index (χ1v) is 12.4. The van der Waals surface area contributed by atoms with Gasteiger partial charge in [-0.3, -0.25) is 19.1 Å². The van der Waals surface area contributed by atoms with Crippen LogP contribution in [0.1, 0.15) is 78.9 Å². The van der Waals surface area contributed by atoms with E-state index in [1.54, 1.807) is 30.0 Å². The minimum Gasteiger partial charge on any atom is -0.351 e. The number of fused-ring (bicyclic) bond motifs is 1. The molecule has 1 fully saturated rings. The van der Waals surface area contributed by atoms with Gasteiger partial charge in [-0.15, -0.1) is 0 Å². The Balaban J connectivity index is 1.61. The van der Waals surface area contributed by atoms with Gasteiger partial charge in [-0.1, -0.05) is 43.9 Å². The van der Waals surface area contributed by atoms with Crippen LogP contribution in [0.25, 0.3) is 0 Å². The number of hydrogen-bond acceptors (Lipinski definition) is 4. The molecule has 34 heavy (non-hydrogen) atoms. The molecule has 8 nitrogen and oxygen atoms in total. The Hall–Kier alpha value is -2.87. The van der Waals surface area contributed by atoms with E-state index >= 15 is 0 Å². The Morgan fingerprint density at radius 1 is 1.26 bits per heavy atom. The van der Waals surface area contributed by atoms with E-state index in [1.807, 2.05) is 6.92 Å². The molecule has 1 aliphatic carbocycles. The van der Waals surface area contributed by atoms with Gasteiger partial charge in [0.15, 0.2) is 5.69 Å². The zero-order valence-electron chi connectivity index (χ0n) is 20.0. The molecule has 1 atom stereocenters. The van der Waals surface area contributed by atoms with E-state index in [-0.39, 0.29) is 30.1 Å². The number of amides is 3. The quantitative estimate of drug-likeness (QED) is 0.615. The highest BCUT2D eigenvalue weighted by atomic mass is 35.5. The van der Waals surface area contributed by atoms with E-state index in [0.717, 1.165) is 44.1 Å². The third-order valence-electron chi connectivity index (χ3n) is 6.96. The number of anilines is 1. The van der Waals surface area contributed by atoms with Crippen LogP contribution in [0.2, 0.25) is 5.02 Å². The lowest BCUT2D eigenvalue weighted by molar-refractivity contribution is -0.133. The summed E-state index contributed by atoms with van der Waals surface area (Å²) in [4.78, 5) is 41.5. The fraction of sp³-hybridized carbons (Fsp3) is 0.520. The van der Waals surface area contributed by atoms with Crippen molar-refractivity contribution >= 4 is 35.0 Å². The van der Waals surface area contributed by atoms with Crippen molar-refractivity contribution in [3.05, 3.63) is 46.2 Å². The second-order valence-corrected chi connectivity index (χ2v) is 9.89. The summed E-state index contributed by atoms with van der Waals surface area (Å²) < 4.78 is 1.50. The molecule has 182 valence electrons. The molecule has 0 radical (unpaired) electrons. The van der Waals surface area contributed by atoms with Crippen LogP contribution in [0.3, 0.4) is 0 Å². The van der Waals surface area contributed by atoms with Crippen LogP contribution >= 0.6 is 11.6 Å². The molecule has 2 heterocycles. The summed E-state index contributed by atoms with van der Waals surface area (Å²) in [6.07, 6.45) is 5.82. The van der Waals surface area contributed by atoms with Gasteiger partial charge in [0.2, 0.25) is 5.91 Å². The Morgan fingerprint density at radius 2 is 2.00 bits per heavy atom. The average Bonchev–Trinajstić information content (AvgIpc) is 3.46. The van der Waals surface area contributed by atoms with E-state index in [1.165, 1.54) is 10.7 Å². The first-order valence-electron chi connectivity index (χ1n) is 12.0. The van der Waals surface area contributed by atoms with Gasteiger partial charge in [0, 0.05) is 29.4 Å². The maximum Gasteiger partial charge on any atom is 0.276 e. The SMILES string of the molecule is CCCCN1C(=O)c2cc(C(=O)Nc3cccc(Cl)c3C)nn2C[C@@]1(C)C(=O)NC1CCCC1. The van der Waals surface area contributed by atoms with Crippen LogP contribution in [-0.4, -0.2) is 50.5 Å². The van der Waals surface area contributed by atoms with Gasteiger partial charge in [-0.25, -0.2) is 0 Å². The predicted octanol–water partition coefficient (Wildman–Crippen LogP) is 4.17. The molecule has 3 amide bonds. The number of hydrogen-bond donors (Lipinski definition) is 2. The van der Waals surface area contributed by atoms with Crippen molar-refractivity contribution in [3.8, 4) is 0 Å². The predicted molar refractivity (Wildman–Crippen MR) is 131 cm³/mol. The second-order valence-electron chi connectivity index (χ2n) is 9.48. The molecule has 2 aliphatic rings. The minimum absolute atomic E-state index is 0.124. The number of rotatable bonds is 7. The zero-order chi connectivity index (χ0) is 24.5. The molecule has 2 aromatic rings. The fourth-order valence-electron chi connectivity index (χ4n) is 4.76. The van der Waals surface area contributed by atoms with E-state index < -0.39 is 11.4 Å². The normalized spacial score (nSPS) is 20.4. The van der Waals surface area contributed by atoms with E-state index in [2.05, 4.69) is 22.7 Å². The Kier molecular flexibility index (Phi) is 6.98. The Bertz CT molecular complexity index is 1110. The number of aromatic nitrogens is 2. The summed E-state index contributed by atoms with van der Waals surface area (Å²) >= 11 is 6.17. The molecule has 1 saturated carbocycles. The van der Waals surface area contributed by atoms with Gasteiger partial charge in [-0.2, -0.15) is 5.10 Å². The molecular formula is C25H32ClN5O3. The summed E-state index contributed by atoms with van der Waals surface area (Å²) in [5.41, 5.74) is 0.693. The lowest BCUT2D eigenvalue weighted by atomic mass is 9.94. The molecule has 9 heteroatoms. The number of halogens is 1. The van der Waals surface area contributed by atoms with Crippen molar-refractivity contribution in [2.24, 2.45) is 0 Å². The molecule has 1 aliphatic heterocycles. The van der Waals surface area contributed by atoms with Crippen molar-refractivity contribution in [2.45, 2.75) is 77.4 Å². The van der Waals surface area contributed by atoms with Gasteiger partial charge in [0.25, 0.3) is 11.8 Å². The van der Waals surface area contributed by atoms with Crippen molar-refractivity contribution in [1.29, 1.82) is 0 Å². The van der Waals surface area contributed by atoms with Crippen LogP contribution in [0.4, 0.5) is 5.69 Å². The minimum atomic E-state index is -1.08. The zero-order valence-corrected chi connectivity index (χ0v) is 20.7. The van der Waals surface area contributed by atoms with E-state index in [4.69, 9.17) is 11.6 Å². The van der Waals surface area contributed by atoms with Gasteiger partial charge in [0.1, 0.15) is 11.2 Å². The summed E-state index contributed by atoms with van der Waals surface area (Å²) in [6, 6.07) is 6.92. The highest BCUT2D eigenvalue weighted by molar-refractivity contribution is 6.31. The van der Waals surface area contributed by atoms with E-state index in [9.17, 15) is 14.4 Å². The number of carbonyl (C=O) groups is 3. The van der Waals surface area contributed by atoms with Crippen molar-refractivity contribution in [1.82, 2.24) is 20.0 Å². The van der Waals surface area contributed by atoms with Crippen LogP contribution in [0.15, 0.2) is 24.3 Å². The third kappa shape index (κ3) is 4.56. The molecule has 0 bridgehead atoms.